The van der Waals surface area contributed by atoms with Gasteiger partial charge in [-0.1, -0.05) is 91.0 Å². The fourth-order valence-electron chi connectivity index (χ4n) is 6.56. The third kappa shape index (κ3) is 3.95. The molecule has 214 valence electrons. The van der Waals surface area contributed by atoms with Crippen molar-refractivity contribution in [1.29, 1.82) is 10.5 Å². The van der Waals surface area contributed by atoms with E-state index >= 15 is 0 Å². The van der Waals surface area contributed by atoms with Gasteiger partial charge in [0.15, 0.2) is 0 Å². The Labute approximate surface area is 264 Å². The number of hydrogen-bond acceptors (Lipinski definition) is 4. The van der Waals surface area contributed by atoms with Crippen LogP contribution in [-0.4, -0.2) is 16.4 Å². The molecule has 0 saturated carbocycles. The van der Waals surface area contributed by atoms with E-state index in [2.05, 4.69) is 12.1 Å². The third-order valence-corrected chi connectivity index (χ3v) is 8.62. The van der Waals surface area contributed by atoms with Crippen LogP contribution in [0, 0.1) is 22.7 Å². The average Bonchev–Trinajstić information content (AvgIpc) is 3.58. The maximum Gasteiger partial charge on any atom is 0.268 e. The first-order valence-electron chi connectivity index (χ1n) is 14.7. The molecular formula is C40H22N4O2. The third-order valence-electron chi connectivity index (χ3n) is 8.62. The summed E-state index contributed by atoms with van der Waals surface area (Å²) in [6, 6.07) is 45.9. The molecule has 6 aromatic carbocycles. The van der Waals surface area contributed by atoms with E-state index in [0.29, 0.717) is 39.2 Å². The largest absolute Gasteiger partial charge is 0.308 e. The Morgan fingerprint density at radius 1 is 0.500 bits per heavy atom. The van der Waals surface area contributed by atoms with Gasteiger partial charge in [-0.3, -0.25) is 9.59 Å². The number of para-hydroxylation sites is 2. The number of imide groups is 1. The van der Waals surface area contributed by atoms with Crippen molar-refractivity contribution in [3.63, 3.8) is 0 Å². The van der Waals surface area contributed by atoms with Crippen molar-refractivity contribution in [3.8, 4) is 40.1 Å². The highest BCUT2D eigenvalue weighted by molar-refractivity contribution is 6.36. The first-order chi connectivity index (χ1) is 22.6. The van der Waals surface area contributed by atoms with Gasteiger partial charge in [-0.25, -0.2) is 4.90 Å². The van der Waals surface area contributed by atoms with Crippen LogP contribution >= 0.6 is 0 Å². The molecule has 0 atom stereocenters. The van der Waals surface area contributed by atoms with Crippen LogP contribution in [0.5, 0.6) is 0 Å². The van der Waals surface area contributed by atoms with E-state index in [4.69, 9.17) is 0 Å². The summed E-state index contributed by atoms with van der Waals surface area (Å²) in [5, 5.41) is 21.2. The van der Waals surface area contributed by atoms with Gasteiger partial charge >= 0.3 is 0 Å². The van der Waals surface area contributed by atoms with Crippen molar-refractivity contribution in [2.24, 2.45) is 0 Å². The summed E-state index contributed by atoms with van der Waals surface area (Å²) in [5.74, 6) is -0.761. The average molecular weight is 591 g/mol. The normalized spacial score (nSPS) is 12.3. The van der Waals surface area contributed by atoms with Crippen LogP contribution in [0.15, 0.2) is 133 Å². The van der Waals surface area contributed by atoms with E-state index in [-0.39, 0.29) is 11.8 Å². The smallest absolute Gasteiger partial charge is 0.268 e. The summed E-state index contributed by atoms with van der Waals surface area (Å²) in [6.07, 6.45) is 0. The second-order valence-corrected chi connectivity index (χ2v) is 11.1. The van der Waals surface area contributed by atoms with Crippen molar-refractivity contribution in [2.75, 3.05) is 4.90 Å². The van der Waals surface area contributed by atoms with Gasteiger partial charge in [-0.2, -0.15) is 10.5 Å². The van der Waals surface area contributed by atoms with E-state index < -0.39 is 0 Å². The molecule has 6 heteroatoms. The van der Waals surface area contributed by atoms with Crippen LogP contribution in [0.3, 0.4) is 0 Å². The highest BCUT2D eigenvalue weighted by atomic mass is 16.2. The number of carbonyl (C=O) groups is 2. The van der Waals surface area contributed by atoms with Gasteiger partial charge < -0.3 is 4.57 Å². The molecule has 0 bridgehead atoms. The first kappa shape index (κ1) is 26.8. The van der Waals surface area contributed by atoms with Crippen molar-refractivity contribution >= 4 is 39.3 Å². The van der Waals surface area contributed by atoms with Crippen LogP contribution in [0.1, 0.15) is 31.8 Å². The molecule has 2 heterocycles. The lowest BCUT2D eigenvalue weighted by atomic mass is 9.97. The molecule has 0 radical (unpaired) electrons. The fraction of sp³-hybridized carbons (Fsp3) is 0. The molecule has 1 aromatic heterocycles. The van der Waals surface area contributed by atoms with Crippen molar-refractivity contribution in [1.82, 2.24) is 4.57 Å². The molecule has 0 N–H and O–H groups in total. The van der Waals surface area contributed by atoms with Gasteiger partial charge in [-0.15, -0.1) is 0 Å². The van der Waals surface area contributed by atoms with Gasteiger partial charge in [0.1, 0.15) is 0 Å². The van der Waals surface area contributed by atoms with Crippen LogP contribution in [0.25, 0.3) is 49.7 Å². The maximum absolute atomic E-state index is 14.4. The second-order valence-electron chi connectivity index (χ2n) is 11.1. The van der Waals surface area contributed by atoms with E-state index in [0.717, 1.165) is 38.5 Å². The summed E-state index contributed by atoms with van der Waals surface area (Å²) in [6.45, 7) is 0. The van der Waals surface area contributed by atoms with Gasteiger partial charge in [0.2, 0.25) is 0 Å². The van der Waals surface area contributed by atoms with Crippen LogP contribution < -0.4 is 4.90 Å². The Balaban J connectivity index is 1.35. The van der Waals surface area contributed by atoms with E-state index in [9.17, 15) is 20.1 Å². The van der Waals surface area contributed by atoms with Gasteiger partial charge in [0.25, 0.3) is 11.8 Å². The lowest BCUT2D eigenvalue weighted by Gasteiger charge is -2.18. The molecule has 1 aliphatic heterocycles. The second kappa shape index (κ2) is 10.4. The number of amides is 2. The number of hydrogen-bond donors (Lipinski definition) is 0. The molecule has 0 saturated heterocycles. The highest BCUT2D eigenvalue weighted by Crippen LogP contribution is 2.41. The quantitative estimate of drug-likeness (QED) is 0.192. The number of nitrogens with zero attached hydrogens (tertiary/aromatic N) is 4. The van der Waals surface area contributed by atoms with Crippen LogP contribution in [0.4, 0.5) is 5.69 Å². The topological polar surface area (TPSA) is 89.9 Å². The summed E-state index contributed by atoms with van der Waals surface area (Å²) in [5.41, 5.74) is 7.51. The van der Waals surface area contributed by atoms with E-state index in [1.165, 1.54) is 4.90 Å². The summed E-state index contributed by atoms with van der Waals surface area (Å²) >= 11 is 0. The SMILES string of the molecule is N#Cc1ccc(-c2ccc3c4ccccc4n(-c4cccc5c4C(=O)N(c4ccccc4-c4ccccc4)C5=O)c3c2)c(C#N)c1. The van der Waals surface area contributed by atoms with Crippen molar-refractivity contribution in [2.45, 2.75) is 0 Å². The molecule has 0 spiro atoms. The monoisotopic (exact) mass is 590 g/mol. The summed E-state index contributed by atoms with van der Waals surface area (Å²) < 4.78 is 2.03. The summed E-state index contributed by atoms with van der Waals surface area (Å²) in [4.78, 5) is 29.8. The Kier molecular flexibility index (Phi) is 6.10. The first-order valence-corrected chi connectivity index (χ1v) is 14.7. The van der Waals surface area contributed by atoms with Gasteiger partial charge in [-0.05, 0) is 59.2 Å². The fourth-order valence-corrected chi connectivity index (χ4v) is 6.56. The number of fused-ring (bicyclic) bond motifs is 4. The zero-order chi connectivity index (χ0) is 31.4. The van der Waals surface area contributed by atoms with Gasteiger partial charge in [0, 0.05) is 16.3 Å². The standard InChI is InChI=1S/C40H22N4O2/c41-23-25-17-19-29(28(21-25)24-42)27-18-20-32-31-12-5-7-15-35(31)43(37(32)22-27)36-16-8-13-33-38(36)40(46)44(39(33)45)34-14-6-4-11-30(34)26-9-2-1-3-10-26/h1-22H. The molecule has 2 amide bonds. The van der Waals surface area contributed by atoms with Crippen molar-refractivity contribution in [3.05, 3.63) is 156 Å². The van der Waals surface area contributed by atoms with Crippen LogP contribution in [-0.2, 0) is 0 Å². The Hall–Kier alpha value is -6.76. The zero-order valence-electron chi connectivity index (χ0n) is 24.3. The Morgan fingerprint density at radius 3 is 2.04 bits per heavy atom. The molecule has 46 heavy (non-hydrogen) atoms. The number of benzene rings is 6. The zero-order valence-corrected chi connectivity index (χ0v) is 24.3. The predicted octanol–water partition coefficient (Wildman–Crippen LogP) is 8.66. The Bertz CT molecular complexity index is 2500. The molecule has 0 fully saturated rings. The molecule has 0 unspecified atom stereocenters. The predicted molar refractivity (Wildman–Crippen MR) is 179 cm³/mol. The molecule has 7 aromatic rings. The van der Waals surface area contributed by atoms with E-state index in [1.807, 2.05) is 108 Å². The minimum Gasteiger partial charge on any atom is -0.308 e. The molecule has 1 aliphatic rings. The van der Waals surface area contributed by atoms with E-state index in [1.54, 1.807) is 30.3 Å². The number of aromatic nitrogens is 1. The number of anilines is 1. The van der Waals surface area contributed by atoms with Crippen LogP contribution in [0.2, 0.25) is 0 Å². The van der Waals surface area contributed by atoms with Crippen molar-refractivity contribution < 1.29 is 9.59 Å². The molecule has 6 nitrogen and oxygen atoms in total. The molecular weight excluding hydrogens is 568 g/mol. The Morgan fingerprint density at radius 2 is 1.22 bits per heavy atom. The number of nitriles is 2. The number of carbonyl (C=O) groups excluding carboxylic acids is 2. The molecule has 8 rings (SSSR count). The highest BCUT2D eigenvalue weighted by Gasteiger charge is 2.40. The minimum absolute atomic E-state index is 0.333. The minimum atomic E-state index is -0.389. The molecule has 0 aliphatic carbocycles. The number of rotatable bonds is 4. The lowest BCUT2D eigenvalue weighted by molar-refractivity contribution is 0.0926. The van der Waals surface area contributed by atoms with Gasteiger partial charge in [0.05, 0.1) is 56.8 Å². The lowest BCUT2D eigenvalue weighted by Crippen LogP contribution is -2.30. The summed E-state index contributed by atoms with van der Waals surface area (Å²) in [7, 11) is 0. The maximum atomic E-state index is 14.4.